The molecule has 0 radical (unpaired) electrons. The summed E-state index contributed by atoms with van der Waals surface area (Å²) >= 11 is 0. The summed E-state index contributed by atoms with van der Waals surface area (Å²) < 4.78 is 5.45. The van der Waals surface area contributed by atoms with Gasteiger partial charge in [0.1, 0.15) is 5.75 Å². The van der Waals surface area contributed by atoms with E-state index in [0.29, 0.717) is 6.42 Å². The predicted molar refractivity (Wildman–Crippen MR) is 72.2 cm³/mol. The Morgan fingerprint density at radius 1 is 1.37 bits per heavy atom. The second-order valence-electron chi connectivity index (χ2n) is 4.51. The van der Waals surface area contributed by atoms with E-state index < -0.39 is 0 Å². The summed E-state index contributed by atoms with van der Waals surface area (Å²) in [5, 5.41) is 2.83. The molecule has 2 heterocycles. The number of anilines is 1. The highest BCUT2D eigenvalue weighted by atomic mass is 16.5. The SMILES string of the molecule is O=C(Cc1ccc2c(c1)CCO2)Nc1cccnc1. The van der Waals surface area contributed by atoms with Crippen LogP contribution in [0.5, 0.6) is 5.75 Å². The van der Waals surface area contributed by atoms with Crippen LogP contribution in [0.25, 0.3) is 0 Å². The fourth-order valence-corrected chi connectivity index (χ4v) is 2.18. The standard InChI is InChI=1S/C15H14N2O2/c18-15(17-13-2-1-6-16-10-13)9-11-3-4-14-12(8-11)5-7-19-14/h1-4,6,8,10H,5,7,9H2,(H,17,18). The number of ether oxygens (including phenoxy) is 1. The zero-order valence-corrected chi connectivity index (χ0v) is 10.4. The van der Waals surface area contributed by atoms with E-state index in [2.05, 4.69) is 10.3 Å². The summed E-state index contributed by atoms with van der Waals surface area (Å²) in [6.45, 7) is 0.737. The lowest BCUT2D eigenvalue weighted by molar-refractivity contribution is -0.115. The van der Waals surface area contributed by atoms with Crippen LogP contribution in [0.15, 0.2) is 42.7 Å². The molecule has 4 heteroatoms. The summed E-state index contributed by atoms with van der Waals surface area (Å²) in [6.07, 6.45) is 4.60. The molecule has 1 amide bonds. The highest BCUT2D eigenvalue weighted by Crippen LogP contribution is 2.26. The molecule has 3 rings (SSSR count). The van der Waals surface area contributed by atoms with Gasteiger partial charge in [-0.1, -0.05) is 12.1 Å². The number of nitrogens with one attached hydrogen (secondary N) is 1. The van der Waals surface area contributed by atoms with Gasteiger partial charge in [0.05, 0.1) is 24.9 Å². The molecule has 1 aliphatic rings. The molecule has 0 fully saturated rings. The number of rotatable bonds is 3. The van der Waals surface area contributed by atoms with Gasteiger partial charge in [-0.25, -0.2) is 0 Å². The van der Waals surface area contributed by atoms with Crippen LogP contribution in [0, 0.1) is 0 Å². The number of amides is 1. The van der Waals surface area contributed by atoms with Crippen molar-refractivity contribution in [3.8, 4) is 5.75 Å². The Morgan fingerprint density at radius 2 is 2.32 bits per heavy atom. The van der Waals surface area contributed by atoms with E-state index in [1.165, 1.54) is 5.56 Å². The number of pyridine rings is 1. The van der Waals surface area contributed by atoms with Gasteiger partial charge < -0.3 is 10.1 Å². The monoisotopic (exact) mass is 254 g/mol. The first-order chi connectivity index (χ1) is 9.31. The predicted octanol–water partition coefficient (Wildman–Crippen LogP) is 2.20. The van der Waals surface area contributed by atoms with Crippen molar-refractivity contribution in [1.82, 2.24) is 4.98 Å². The van der Waals surface area contributed by atoms with E-state index in [1.54, 1.807) is 18.5 Å². The minimum Gasteiger partial charge on any atom is -0.493 e. The number of hydrogen-bond donors (Lipinski definition) is 1. The molecule has 0 atom stereocenters. The van der Waals surface area contributed by atoms with Gasteiger partial charge in [0.15, 0.2) is 0 Å². The molecule has 0 saturated carbocycles. The fourth-order valence-electron chi connectivity index (χ4n) is 2.18. The average molecular weight is 254 g/mol. The molecule has 19 heavy (non-hydrogen) atoms. The van der Waals surface area contributed by atoms with Crippen LogP contribution in [0.1, 0.15) is 11.1 Å². The normalized spacial score (nSPS) is 12.6. The quantitative estimate of drug-likeness (QED) is 0.913. The minimum atomic E-state index is -0.0353. The highest BCUT2D eigenvalue weighted by Gasteiger charge is 2.13. The van der Waals surface area contributed by atoms with Gasteiger partial charge in [0, 0.05) is 12.6 Å². The van der Waals surface area contributed by atoms with Gasteiger partial charge >= 0.3 is 0 Å². The van der Waals surface area contributed by atoms with Crippen molar-refractivity contribution in [2.24, 2.45) is 0 Å². The third-order valence-corrected chi connectivity index (χ3v) is 3.06. The van der Waals surface area contributed by atoms with Gasteiger partial charge in [-0.3, -0.25) is 9.78 Å². The number of aromatic nitrogens is 1. The largest absolute Gasteiger partial charge is 0.493 e. The molecule has 0 unspecified atom stereocenters. The number of hydrogen-bond acceptors (Lipinski definition) is 3. The topological polar surface area (TPSA) is 51.2 Å². The number of benzene rings is 1. The zero-order chi connectivity index (χ0) is 13.1. The molecule has 0 saturated heterocycles. The Kier molecular flexibility index (Phi) is 3.14. The molecule has 0 spiro atoms. The number of carbonyl (C=O) groups excluding carboxylic acids is 1. The Bertz CT molecular complexity index is 596. The van der Waals surface area contributed by atoms with Crippen LogP contribution in [0.3, 0.4) is 0 Å². The summed E-state index contributed by atoms with van der Waals surface area (Å²) in [5.74, 6) is 0.906. The van der Waals surface area contributed by atoms with Crippen LogP contribution < -0.4 is 10.1 Å². The Balaban J connectivity index is 1.66. The van der Waals surface area contributed by atoms with Gasteiger partial charge in [-0.15, -0.1) is 0 Å². The first-order valence-electron chi connectivity index (χ1n) is 6.26. The number of fused-ring (bicyclic) bond motifs is 1. The molecule has 96 valence electrons. The summed E-state index contributed by atoms with van der Waals surface area (Å²) in [4.78, 5) is 15.9. The molecular formula is C15H14N2O2. The molecule has 0 aliphatic carbocycles. The van der Waals surface area contributed by atoms with Gasteiger partial charge in [-0.2, -0.15) is 0 Å². The number of carbonyl (C=O) groups is 1. The van der Waals surface area contributed by atoms with Crippen LogP contribution in [0.2, 0.25) is 0 Å². The molecule has 1 N–H and O–H groups in total. The molecule has 4 nitrogen and oxygen atoms in total. The van der Waals surface area contributed by atoms with Crippen molar-refractivity contribution < 1.29 is 9.53 Å². The van der Waals surface area contributed by atoms with Crippen molar-refractivity contribution in [2.45, 2.75) is 12.8 Å². The molecule has 1 aliphatic heterocycles. The van der Waals surface area contributed by atoms with E-state index in [-0.39, 0.29) is 5.91 Å². The second kappa shape index (κ2) is 5.10. The Morgan fingerprint density at radius 3 is 3.16 bits per heavy atom. The first kappa shape index (κ1) is 11.7. The smallest absolute Gasteiger partial charge is 0.228 e. The van der Waals surface area contributed by atoms with Gasteiger partial charge in [0.2, 0.25) is 5.91 Å². The van der Waals surface area contributed by atoms with Crippen LogP contribution in [0.4, 0.5) is 5.69 Å². The van der Waals surface area contributed by atoms with Gasteiger partial charge in [0.25, 0.3) is 0 Å². The average Bonchev–Trinajstić information content (AvgIpc) is 2.87. The second-order valence-corrected chi connectivity index (χ2v) is 4.51. The molecule has 1 aromatic heterocycles. The lowest BCUT2D eigenvalue weighted by Crippen LogP contribution is -2.14. The van der Waals surface area contributed by atoms with E-state index in [0.717, 1.165) is 30.0 Å². The molecule has 1 aromatic carbocycles. The van der Waals surface area contributed by atoms with E-state index in [9.17, 15) is 4.79 Å². The summed E-state index contributed by atoms with van der Waals surface area (Å²) in [7, 11) is 0. The Hall–Kier alpha value is -2.36. The fraction of sp³-hybridized carbons (Fsp3) is 0.200. The lowest BCUT2D eigenvalue weighted by atomic mass is 10.1. The maximum absolute atomic E-state index is 11.9. The molecular weight excluding hydrogens is 240 g/mol. The molecule has 2 aromatic rings. The van der Waals surface area contributed by atoms with Crippen LogP contribution >= 0.6 is 0 Å². The van der Waals surface area contributed by atoms with E-state index >= 15 is 0 Å². The van der Waals surface area contributed by atoms with Crippen LogP contribution in [-0.2, 0) is 17.6 Å². The van der Waals surface area contributed by atoms with Crippen LogP contribution in [-0.4, -0.2) is 17.5 Å². The lowest BCUT2D eigenvalue weighted by Gasteiger charge is -2.06. The third-order valence-electron chi connectivity index (χ3n) is 3.06. The summed E-state index contributed by atoms with van der Waals surface area (Å²) in [6, 6.07) is 9.54. The van der Waals surface area contributed by atoms with Crippen molar-refractivity contribution in [3.63, 3.8) is 0 Å². The van der Waals surface area contributed by atoms with Crippen molar-refractivity contribution in [3.05, 3.63) is 53.9 Å². The summed E-state index contributed by atoms with van der Waals surface area (Å²) in [5.41, 5.74) is 2.91. The minimum absolute atomic E-state index is 0.0353. The van der Waals surface area contributed by atoms with Gasteiger partial charge in [-0.05, 0) is 29.3 Å². The zero-order valence-electron chi connectivity index (χ0n) is 10.4. The Labute approximate surface area is 111 Å². The highest BCUT2D eigenvalue weighted by molar-refractivity contribution is 5.92. The first-order valence-corrected chi connectivity index (χ1v) is 6.26. The van der Waals surface area contributed by atoms with E-state index in [4.69, 9.17) is 4.74 Å². The number of nitrogens with zero attached hydrogens (tertiary/aromatic N) is 1. The van der Waals surface area contributed by atoms with Crippen molar-refractivity contribution >= 4 is 11.6 Å². The maximum atomic E-state index is 11.9. The third kappa shape index (κ3) is 2.73. The van der Waals surface area contributed by atoms with Crippen molar-refractivity contribution in [1.29, 1.82) is 0 Å². The molecule has 0 bridgehead atoms. The van der Waals surface area contributed by atoms with E-state index in [1.807, 2.05) is 24.3 Å². The maximum Gasteiger partial charge on any atom is 0.228 e. The van der Waals surface area contributed by atoms with Crippen molar-refractivity contribution in [2.75, 3.05) is 11.9 Å².